The number of aliphatic carboxylic acids is 4. The van der Waals surface area contributed by atoms with Crippen LogP contribution in [0, 0.1) is 31.1 Å². The van der Waals surface area contributed by atoms with E-state index < -0.39 is 23.9 Å². The number of carboxylic acid groups (broad SMARTS) is 4. The van der Waals surface area contributed by atoms with Crippen molar-refractivity contribution in [1.29, 1.82) is 0 Å². The molecule has 0 fully saturated rings. The smallest absolute Gasteiger partial charge is 0.300 e. The molecule has 0 spiro atoms. The zero-order valence-corrected chi connectivity index (χ0v) is 16.4. The molecule has 0 heterocycles. The van der Waals surface area contributed by atoms with E-state index in [0.29, 0.717) is 0 Å². The van der Waals surface area contributed by atoms with Crippen molar-refractivity contribution in [3.63, 3.8) is 0 Å². The average molecular weight is 573 g/mol. The Morgan fingerprint density at radius 1 is 0.550 bits per heavy atom. The van der Waals surface area contributed by atoms with Crippen molar-refractivity contribution in [3.8, 4) is 0 Å². The van der Waals surface area contributed by atoms with E-state index in [0.717, 1.165) is 27.7 Å². The Kier molecular flexibility index (Phi) is 108. The average Bonchev–Trinajstić information content (AvgIpc) is 1.76. The predicted octanol–water partition coefficient (Wildman–Crippen LogP) is -1.29. The van der Waals surface area contributed by atoms with Crippen molar-refractivity contribution in [2.75, 3.05) is 0 Å². The molecule has 8 N–H and O–H groups in total. The minimum Gasteiger partial charge on any atom is -0.481 e. The maximum atomic E-state index is 9.00. The van der Waals surface area contributed by atoms with E-state index in [9.17, 15) is 0 Å². The van der Waals surface area contributed by atoms with Gasteiger partial charge >= 0.3 is 0 Å². The molecule has 0 aromatic heterocycles. The Morgan fingerprint density at radius 2 is 0.550 bits per heavy atom. The number of carboxylic acids is 4. The summed E-state index contributed by atoms with van der Waals surface area (Å²) in [6.07, 6.45) is 0. The van der Waals surface area contributed by atoms with Gasteiger partial charge in [0.25, 0.3) is 23.9 Å². The number of hydrogen-bond acceptors (Lipinski definition) is 4. The van der Waals surface area contributed by atoms with Gasteiger partial charge in [0.1, 0.15) is 0 Å². The van der Waals surface area contributed by atoms with Gasteiger partial charge in [-0.1, -0.05) is 0 Å². The molecule has 0 saturated heterocycles. The molecule has 0 amide bonds. The minimum atomic E-state index is -0.833. The maximum Gasteiger partial charge on any atom is 0.300 e. The third-order valence-corrected chi connectivity index (χ3v) is 0. The number of carbonyl (C=O) groups is 4. The van der Waals surface area contributed by atoms with E-state index in [1.165, 1.54) is 0 Å². The third-order valence-electron chi connectivity index (χ3n) is 0. The van der Waals surface area contributed by atoms with Crippen LogP contribution in [-0.2, 0) is 35.7 Å². The van der Waals surface area contributed by atoms with Gasteiger partial charge in [-0.05, 0) is 0 Å². The van der Waals surface area contributed by atoms with Crippen LogP contribution in [0.5, 0.6) is 0 Å². The molecule has 0 radical (unpaired) electrons. The van der Waals surface area contributed by atoms with Crippen LogP contribution in [0.1, 0.15) is 27.7 Å². The SMILES string of the molecule is CC(=O)O.CC(=O)O.CC(=O)O.CC(=O)O.O.O.[Ni].[U]. The van der Waals surface area contributed by atoms with Crippen molar-refractivity contribution in [2.24, 2.45) is 0 Å². The van der Waals surface area contributed by atoms with Crippen molar-refractivity contribution in [1.82, 2.24) is 0 Å². The Balaban J connectivity index is -0.0000000150. The minimum absolute atomic E-state index is 0. The first kappa shape index (κ1) is 50.6. The van der Waals surface area contributed by atoms with Crippen molar-refractivity contribution < 1.29 is 98.2 Å². The van der Waals surface area contributed by atoms with Crippen LogP contribution in [0.25, 0.3) is 0 Å². The number of rotatable bonds is 0. The van der Waals surface area contributed by atoms with Crippen LogP contribution in [-0.4, -0.2) is 55.3 Å². The first-order chi connectivity index (χ1) is 6.93. The third kappa shape index (κ3) is 10800. The molecule has 0 aliphatic rings. The van der Waals surface area contributed by atoms with Gasteiger partial charge in [-0.2, -0.15) is 0 Å². The van der Waals surface area contributed by atoms with Gasteiger partial charge in [0.15, 0.2) is 0 Å². The molecular weight excluding hydrogens is 553 g/mol. The molecule has 0 bridgehead atoms. The molecule has 10 nitrogen and oxygen atoms in total. The molecule has 0 saturated carbocycles. The predicted molar refractivity (Wildman–Crippen MR) is 60.5 cm³/mol. The summed E-state index contributed by atoms with van der Waals surface area (Å²) in [6, 6.07) is 0. The van der Waals surface area contributed by atoms with Crippen LogP contribution in [0.15, 0.2) is 0 Å². The van der Waals surface area contributed by atoms with Gasteiger partial charge in [0.2, 0.25) is 0 Å². The molecule has 20 heavy (non-hydrogen) atoms. The molecule has 0 unspecified atom stereocenters. The van der Waals surface area contributed by atoms with Crippen LogP contribution in [0.2, 0.25) is 0 Å². The van der Waals surface area contributed by atoms with Gasteiger partial charge in [0, 0.05) is 75.3 Å². The largest absolute Gasteiger partial charge is 0.481 e. The molecule has 0 aliphatic carbocycles. The molecule has 0 atom stereocenters. The summed E-state index contributed by atoms with van der Waals surface area (Å²) >= 11 is 0. The second-order valence-electron chi connectivity index (χ2n) is 2.08. The summed E-state index contributed by atoms with van der Waals surface area (Å²) in [6.45, 7) is 4.33. The summed E-state index contributed by atoms with van der Waals surface area (Å²) < 4.78 is 0. The van der Waals surface area contributed by atoms with E-state index in [-0.39, 0.29) is 58.6 Å². The van der Waals surface area contributed by atoms with Gasteiger partial charge in [0.05, 0.1) is 0 Å². The fourth-order valence-corrected chi connectivity index (χ4v) is 0. The molecule has 0 aromatic rings. The van der Waals surface area contributed by atoms with Crippen molar-refractivity contribution in [3.05, 3.63) is 0 Å². The van der Waals surface area contributed by atoms with Crippen LogP contribution in [0.3, 0.4) is 0 Å². The second kappa shape index (κ2) is 42.9. The zero-order chi connectivity index (χ0) is 14.3. The fraction of sp³-hybridized carbons (Fsp3) is 0.500. The van der Waals surface area contributed by atoms with Gasteiger partial charge in [-0.15, -0.1) is 0 Å². The summed E-state index contributed by atoms with van der Waals surface area (Å²) in [5.74, 6) is -3.33. The van der Waals surface area contributed by atoms with E-state index in [4.69, 9.17) is 39.6 Å². The van der Waals surface area contributed by atoms with Crippen molar-refractivity contribution in [2.45, 2.75) is 27.7 Å². The van der Waals surface area contributed by atoms with Crippen LogP contribution in [0.4, 0.5) is 0 Å². The van der Waals surface area contributed by atoms with Gasteiger partial charge in [-0.3, -0.25) is 19.2 Å². The monoisotopic (exact) mass is 572 g/mol. The first-order valence-corrected chi connectivity index (χ1v) is 3.71. The summed E-state index contributed by atoms with van der Waals surface area (Å²) in [7, 11) is 0. The first-order valence-electron chi connectivity index (χ1n) is 3.71. The Bertz CT molecular complexity index is 169. The Morgan fingerprint density at radius 3 is 0.550 bits per heavy atom. The van der Waals surface area contributed by atoms with E-state index in [1.54, 1.807) is 0 Å². The summed E-state index contributed by atoms with van der Waals surface area (Å²) in [5, 5.41) is 29.7. The van der Waals surface area contributed by atoms with E-state index in [1.807, 2.05) is 0 Å². The zero-order valence-electron chi connectivity index (χ0n) is 11.2. The van der Waals surface area contributed by atoms with Gasteiger partial charge in [-0.25, -0.2) is 0 Å². The topological polar surface area (TPSA) is 212 Å². The van der Waals surface area contributed by atoms with E-state index >= 15 is 0 Å². The quantitative estimate of drug-likeness (QED) is 0.256. The summed E-state index contributed by atoms with van der Waals surface area (Å²) in [4.78, 5) is 36.0. The van der Waals surface area contributed by atoms with Crippen LogP contribution >= 0.6 is 0 Å². The molecule has 12 heteroatoms. The summed E-state index contributed by atoms with van der Waals surface area (Å²) in [5.41, 5.74) is 0. The van der Waals surface area contributed by atoms with Gasteiger partial charge < -0.3 is 31.4 Å². The molecule has 126 valence electrons. The molecule has 0 aromatic carbocycles. The second-order valence-corrected chi connectivity index (χ2v) is 2.08. The fourth-order valence-electron chi connectivity index (χ4n) is 0. The Hall–Kier alpha value is -0.655. The maximum absolute atomic E-state index is 9.00. The number of hydrogen-bond donors (Lipinski definition) is 4. The van der Waals surface area contributed by atoms with Crippen molar-refractivity contribution >= 4 is 23.9 Å². The Labute approximate surface area is 149 Å². The normalized spacial score (nSPS) is 5.00. The molecule has 0 rings (SSSR count). The molecular formula is C8H20NiO10U. The molecule has 0 aliphatic heterocycles. The standard InChI is InChI=1S/4C2H4O2.Ni.2H2O.U/c4*1-2(3)4;;;;/h4*1H3,(H,3,4);;2*1H2;. The van der Waals surface area contributed by atoms with Crippen LogP contribution < -0.4 is 0 Å². The van der Waals surface area contributed by atoms with E-state index in [2.05, 4.69) is 0 Å².